The van der Waals surface area contributed by atoms with Crippen molar-refractivity contribution in [3.8, 4) is 0 Å². The van der Waals surface area contributed by atoms with Gasteiger partial charge in [0, 0.05) is 24.8 Å². The van der Waals surface area contributed by atoms with E-state index in [9.17, 15) is 9.59 Å². The summed E-state index contributed by atoms with van der Waals surface area (Å²) in [6, 6.07) is -0.954. The number of amides is 1. The van der Waals surface area contributed by atoms with Crippen LogP contribution in [-0.2, 0) is 4.79 Å². The van der Waals surface area contributed by atoms with Gasteiger partial charge in [0.05, 0.1) is 0 Å². The first kappa shape index (κ1) is 13.0. The molecule has 0 unspecified atom stereocenters. The Hall–Kier alpha value is -2.44. The summed E-state index contributed by atoms with van der Waals surface area (Å²) in [5.74, 6) is -1.84. The molecular weight excluding hydrogens is 248 g/mol. The van der Waals surface area contributed by atoms with Gasteiger partial charge in [-0.15, -0.1) is 0 Å². The van der Waals surface area contributed by atoms with Crippen LogP contribution in [0, 0.1) is 5.92 Å². The SMILES string of the molecule is CC(C)[C@@H](NC(=O)c1nccn2ccnc12)C(=O)O. The predicted molar refractivity (Wildman–Crippen MR) is 66.7 cm³/mol. The summed E-state index contributed by atoms with van der Waals surface area (Å²) in [5, 5.41) is 11.5. The van der Waals surface area contributed by atoms with Crippen molar-refractivity contribution in [2.75, 3.05) is 0 Å². The average Bonchev–Trinajstić information content (AvgIpc) is 2.82. The number of nitrogens with zero attached hydrogens (tertiary/aromatic N) is 3. The van der Waals surface area contributed by atoms with Gasteiger partial charge in [-0.2, -0.15) is 0 Å². The summed E-state index contributed by atoms with van der Waals surface area (Å²) < 4.78 is 1.65. The van der Waals surface area contributed by atoms with Gasteiger partial charge < -0.3 is 14.8 Å². The minimum atomic E-state index is -1.07. The number of fused-ring (bicyclic) bond motifs is 1. The van der Waals surface area contributed by atoms with Crippen LogP contribution < -0.4 is 5.32 Å². The predicted octanol–water partition coefficient (Wildman–Crippen LogP) is 0.568. The smallest absolute Gasteiger partial charge is 0.326 e. The highest BCUT2D eigenvalue weighted by atomic mass is 16.4. The number of carbonyl (C=O) groups excluding carboxylic acids is 1. The molecule has 0 aliphatic carbocycles. The lowest BCUT2D eigenvalue weighted by Crippen LogP contribution is -2.44. The van der Waals surface area contributed by atoms with Crippen LogP contribution >= 0.6 is 0 Å². The van der Waals surface area contributed by atoms with Crippen LogP contribution in [0.15, 0.2) is 24.8 Å². The molecule has 7 nitrogen and oxygen atoms in total. The number of hydrogen-bond acceptors (Lipinski definition) is 4. The van der Waals surface area contributed by atoms with Crippen molar-refractivity contribution in [2.45, 2.75) is 19.9 Å². The Morgan fingerprint density at radius 1 is 1.26 bits per heavy atom. The normalized spacial score (nSPS) is 12.6. The number of rotatable bonds is 4. The molecule has 0 radical (unpaired) electrons. The average molecular weight is 262 g/mol. The van der Waals surface area contributed by atoms with Crippen LogP contribution in [0.2, 0.25) is 0 Å². The van der Waals surface area contributed by atoms with Gasteiger partial charge in [0.1, 0.15) is 6.04 Å². The van der Waals surface area contributed by atoms with Crippen molar-refractivity contribution in [1.82, 2.24) is 19.7 Å². The molecule has 0 saturated carbocycles. The van der Waals surface area contributed by atoms with Gasteiger partial charge >= 0.3 is 5.97 Å². The van der Waals surface area contributed by atoms with Crippen LogP contribution in [0.25, 0.3) is 5.65 Å². The van der Waals surface area contributed by atoms with Crippen LogP contribution in [-0.4, -0.2) is 37.4 Å². The lowest BCUT2D eigenvalue weighted by Gasteiger charge is -2.17. The van der Waals surface area contributed by atoms with Gasteiger partial charge in [-0.1, -0.05) is 13.8 Å². The largest absolute Gasteiger partial charge is 0.480 e. The summed E-state index contributed by atoms with van der Waals surface area (Å²) in [6.45, 7) is 3.45. The molecular formula is C12H14N4O3. The van der Waals surface area contributed by atoms with Crippen molar-refractivity contribution in [1.29, 1.82) is 0 Å². The second-order valence-electron chi connectivity index (χ2n) is 4.47. The molecule has 100 valence electrons. The molecule has 0 aliphatic rings. The molecule has 2 rings (SSSR count). The highest BCUT2D eigenvalue weighted by Crippen LogP contribution is 2.08. The molecule has 0 saturated heterocycles. The third-order valence-corrected chi connectivity index (χ3v) is 2.75. The number of aliphatic carboxylic acids is 1. The maximum absolute atomic E-state index is 12.1. The maximum atomic E-state index is 12.1. The summed E-state index contributed by atoms with van der Waals surface area (Å²) in [4.78, 5) is 31.1. The lowest BCUT2D eigenvalue weighted by atomic mass is 10.0. The zero-order chi connectivity index (χ0) is 14.0. The molecule has 2 heterocycles. The van der Waals surface area contributed by atoms with E-state index < -0.39 is 17.9 Å². The van der Waals surface area contributed by atoms with Crippen LogP contribution in [0.5, 0.6) is 0 Å². The van der Waals surface area contributed by atoms with Gasteiger partial charge in [0.2, 0.25) is 0 Å². The van der Waals surface area contributed by atoms with Crippen molar-refractivity contribution in [3.05, 3.63) is 30.5 Å². The summed E-state index contributed by atoms with van der Waals surface area (Å²) in [7, 11) is 0. The van der Waals surface area contributed by atoms with E-state index in [0.717, 1.165) is 0 Å². The second-order valence-corrected chi connectivity index (χ2v) is 4.47. The topological polar surface area (TPSA) is 96.6 Å². The molecule has 19 heavy (non-hydrogen) atoms. The molecule has 0 bridgehead atoms. The van der Waals surface area contributed by atoms with Gasteiger partial charge in [0.25, 0.3) is 5.91 Å². The minimum Gasteiger partial charge on any atom is -0.480 e. The highest BCUT2D eigenvalue weighted by molar-refractivity contribution is 5.99. The van der Waals surface area contributed by atoms with Crippen LogP contribution in [0.1, 0.15) is 24.3 Å². The molecule has 2 aromatic rings. The quantitative estimate of drug-likeness (QED) is 0.839. The fourth-order valence-electron chi connectivity index (χ4n) is 1.74. The van der Waals surface area contributed by atoms with E-state index in [4.69, 9.17) is 5.11 Å². The van der Waals surface area contributed by atoms with Gasteiger partial charge in [-0.3, -0.25) is 4.79 Å². The molecule has 1 amide bonds. The number of nitrogens with one attached hydrogen (secondary N) is 1. The molecule has 0 aromatic carbocycles. The standard InChI is InChI=1S/C12H14N4O3/c1-7(2)8(12(18)19)15-11(17)9-10-14-4-6-16(10)5-3-13-9/h3-8H,1-2H3,(H,15,17)(H,18,19)/t8-/m1/s1. The fourth-order valence-corrected chi connectivity index (χ4v) is 1.74. The summed E-state index contributed by atoms with van der Waals surface area (Å²) in [6.07, 6.45) is 6.36. The summed E-state index contributed by atoms with van der Waals surface area (Å²) >= 11 is 0. The Bertz CT molecular complexity index is 620. The number of carboxylic acid groups (broad SMARTS) is 1. The lowest BCUT2D eigenvalue weighted by molar-refractivity contribution is -0.140. The van der Waals surface area contributed by atoms with Crippen molar-refractivity contribution >= 4 is 17.5 Å². The van der Waals surface area contributed by atoms with Crippen LogP contribution in [0.4, 0.5) is 0 Å². The molecule has 7 heteroatoms. The molecule has 2 aromatic heterocycles. The second kappa shape index (κ2) is 5.05. The highest BCUT2D eigenvalue weighted by Gasteiger charge is 2.25. The van der Waals surface area contributed by atoms with E-state index in [0.29, 0.717) is 5.65 Å². The van der Waals surface area contributed by atoms with E-state index in [1.807, 2.05) is 0 Å². The number of carboxylic acids is 1. The first-order chi connectivity index (χ1) is 9.00. The third kappa shape index (κ3) is 2.54. The van der Waals surface area contributed by atoms with Gasteiger partial charge in [-0.25, -0.2) is 14.8 Å². The number of aromatic nitrogens is 3. The Morgan fingerprint density at radius 2 is 1.89 bits per heavy atom. The molecule has 0 aliphatic heterocycles. The van der Waals surface area contributed by atoms with E-state index in [1.54, 1.807) is 36.8 Å². The van der Waals surface area contributed by atoms with E-state index in [2.05, 4.69) is 15.3 Å². The van der Waals surface area contributed by atoms with Crippen molar-refractivity contribution in [2.24, 2.45) is 5.92 Å². The molecule has 0 fully saturated rings. The summed E-state index contributed by atoms with van der Waals surface area (Å²) in [5.41, 5.74) is 0.507. The van der Waals surface area contributed by atoms with E-state index >= 15 is 0 Å². The first-order valence-electron chi connectivity index (χ1n) is 5.82. The Labute approximate surface area is 109 Å². The van der Waals surface area contributed by atoms with E-state index in [1.165, 1.54) is 6.20 Å². The van der Waals surface area contributed by atoms with Crippen molar-refractivity contribution in [3.63, 3.8) is 0 Å². The molecule has 1 atom stereocenters. The Balaban J connectivity index is 2.29. The van der Waals surface area contributed by atoms with Gasteiger partial charge in [-0.05, 0) is 5.92 Å². The fraction of sp³-hybridized carbons (Fsp3) is 0.333. The number of hydrogen-bond donors (Lipinski definition) is 2. The number of carbonyl (C=O) groups is 2. The molecule has 2 N–H and O–H groups in total. The van der Waals surface area contributed by atoms with Crippen LogP contribution in [0.3, 0.4) is 0 Å². The number of imidazole rings is 1. The third-order valence-electron chi connectivity index (χ3n) is 2.75. The Kier molecular flexibility index (Phi) is 3.46. The zero-order valence-corrected chi connectivity index (χ0v) is 10.6. The van der Waals surface area contributed by atoms with Gasteiger partial charge in [0.15, 0.2) is 11.3 Å². The Morgan fingerprint density at radius 3 is 2.47 bits per heavy atom. The zero-order valence-electron chi connectivity index (χ0n) is 10.6. The maximum Gasteiger partial charge on any atom is 0.326 e. The van der Waals surface area contributed by atoms with E-state index in [-0.39, 0.29) is 11.6 Å². The van der Waals surface area contributed by atoms with Crippen molar-refractivity contribution < 1.29 is 14.7 Å². The monoisotopic (exact) mass is 262 g/mol. The first-order valence-corrected chi connectivity index (χ1v) is 5.82. The minimum absolute atomic E-state index is 0.111. The molecule has 0 spiro atoms.